The van der Waals surface area contributed by atoms with Crippen molar-refractivity contribution >= 4 is 22.9 Å². The van der Waals surface area contributed by atoms with Crippen molar-refractivity contribution in [3.8, 4) is 5.75 Å². The number of aromatic nitrogens is 4. The minimum Gasteiger partial charge on any atom is -0.489 e. The van der Waals surface area contributed by atoms with Gasteiger partial charge in [0, 0.05) is 19.2 Å². The van der Waals surface area contributed by atoms with Gasteiger partial charge in [-0.15, -0.1) is 0 Å². The number of nitrogens with zero attached hydrogens (tertiary/aromatic N) is 4. The van der Waals surface area contributed by atoms with Gasteiger partial charge in [-0.2, -0.15) is 0 Å². The zero-order chi connectivity index (χ0) is 25.1. The predicted molar refractivity (Wildman–Crippen MR) is 132 cm³/mol. The Balaban J connectivity index is 1.33. The molecule has 4 atom stereocenters. The van der Waals surface area contributed by atoms with Crippen molar-refractivity contribution in [2.75, 3.05) is 12.4 Å². The number of anilines is 1. The summed E-state index contributed by atoms with van der Waals surface area (Å²) in [4.78, 5) is 25.2. The number of fused-ring (bicyclic) bond motifs is 1. The summed E-state index contributed by atoms with van der Waals surface area (Å²) in [6.45, 7) is 0.902. The molecule has 36 heavy (non-hydrogen) atoms. The Hall–Kier alpha value is -4.06. The highest BCUT2D eigenvalue weighted by atomic mass is 16.5. The van der Waals surface area contributed by atoms with Gasteiger partial charge in [0.15, 0.2) is 29.3 Å². The molecule has 5 N–H and O–H groups in total. The first-order valence-corrected chi connectivity index (χ1v) is 11.5. The van der Waals surface area contributed by atoms with Crippen molar-refractivity contribution in [3.63, 3.8) is 0 Å². The SMILES string of the molecule is CNC(=O)[C@H]1O[C@@H](n2cnc3c(NCc4ccccc4OCc4ccccc4)ncnc32)[C@H](O)[C@@H]1N. The minimum atomic E-state index is -1.12. The third kappa shape index (κ3) is 4.59. The third-order valence-corrected chi connectivity index (χ3v) is 6.12. The molecular weight excluding hydrogens is 462 g/mol. The molecule has 0 aliphatic carbocycles. The fraction of sp³-hybridized carbons (Fsp3) is 0.280. The molecule has 3 heterocycles. The van der Waals surface area contributed by atoms with Crippen LogP contribution in [-0.4, -0.2) is 55.8 Å². The number of amides is 1. The molecule has 0 saturated carbocycles. The van der Waals surface area contributed by atoms with E-state index in [0.29, 0.717) is 30.1 Å². The van der Waals surface area contributed by atoms with Crippen molar-refractivity contribution in [1.82, 2.24) is 24.8 Å². The van der Waals surface area contributed by atoms with Crippen LogP contribution in [0.4, 0.5) is 5.82 Å². The van der Waals surface area contributed by atoms with Gasteiger partial charge in [-0.25, -0.2) is 15.0 Å². The lowest BCUT2D eigenvalue weighted by atomic mass is 10.1. The standard InChI is InChI=1S/C25H27N7O4/c1-27-24(34)21-18(26)20(33)25(36-21)32-14-31-19-22(29-13-30-23(19)32)28-11-16-9-5-6-10-17(16)35-12-15-7-3-2-4-8-15/h2-10,13-14,18,20-21,25,33H,11-12,26H2,1H3,(H,27,34)(H,28,29,30)/t18-,20+,21-,25+/m0/s1. The largest absolute Gasteiger partial charge is 0.489 e. The molecule has 2 aromatic carbocycles. The molecule has 1 amide bonds. The second-order valence-corrected chi connectivity index (χ2v) is 8.41. The fourth-order valence-electron chi connectivity index (χ4n) is 4.17. The maximum absolute atomic E-state index is 12.1. The van der Waals surface area contributed by atoms with Gasteiger partial charge < -0.3 is 30.9 Å². The molecule has 2 aromatic heterocycles. The number of rotatable bonds is 8. The molecule has 0 radical (unpaired) electrons. The molecule has 186 valence electrons. The zero-order valence-corrected chi connectivity index (χ0v) is 19.6. The summed E-state index contributed by atoms with van der Waals surface area (Å²) >= 11 is 0. The number of ether oxygens (including phenoxy) is 2. The van der Waals surface area contributed by atoms with E-state index >= 15 is 0 Å². The van der Waals surface area contributed by atoms with E-state index < -0.39 is 30.4 Å². The summed E-state index contributed by atoms with van der Waals surface area (Å²) in [5.41, 5.74) is 9.00. The summed E-state index contributed by atoms with van der Waals surface area (Å²) in [7, 11) is 1.49. The van der Waals surface area contributed by atoms with Crippen molar-refractivity contribution in [3.05, 3.63) is 78.4 Å². The normalized spacial score (nSPS) is 21.4. The third-order valence-electron chi connectivity index (χ3n) is 6.12. The van der Waals surface area contributed by atoms with Crippen LogP contribution < -0.4 is 21.1 Å². The molecule has 1 aliphatic heterocycles. The Morgan fingerprint density at radius 3 is 2.72 bits per heavy atom. The van der Waals surface area contributed by atoms with E-state index in [2.05, 4.69) is 25.6 Å². The smallest absolute Gasteiger partial charge is 0.250 e. The summed E-state index contributed by atoms with van der Waals surface area (Å²) in [6, 6.07) is 16.9. The number of carbonyl (C=O) groups excluding carboxylic acids is 1. The molecule has 1 aliphatic rings. The van der Waals surface area contributed by atoms with E-state index in [1.807, 2.05) is 54.6 Å². The summed E-state index contributed by atoms with van der Waals surface area (Å²) in [5.74, 6) is 0.872. The van der Waals surface area contributed by atoms with Gasteiger partial charge in [-0.3, -0.25) is 9.36 Å². The average Bonchev–Trinajstić information content (AvgIpc) is 3.48. The van der Waals surface area contributed by atoms with Gasteiger partial charge in [-0.1, -0.05) is 48.5 Å². The van der Waals surface area contributed by atoms with E-state index in [-0.39, 0.29) is 0 Å². The Bertz CT molecular complexity index is 1350. The lowest BCUT2D eigenvalue weighted by Gasteiger charge is -2.17. The van der Waals surface area contributed by atoms with Crippen LogP contribution in [0.15, 0.2) is 67.3 Å². The van der Waals surface area contributed by atoms with E-state index in [0.717, 1.165) is 16.9 Å². The lowest BCUT2D eigenvalue weighted by molar-refractivity contribution is -0.134. The van der Waals surface area contributed by atoms with Crippen molar-refractivity contribution in [2.24, 2.45) is 5.73 Å². The highest BCUT2D eigenvalue weighted by molar-refractivity contribution is 5.83. The average molecular weight is 490 g/mol. The van der Waals surface area contributed by atoms with Gasteiger partial charge in [0.2, 0.25) is 0 Å². The number of hydrogen-bond acceptors (Lipinski definition) is 9. The molecule has 11 heteroatoms. The second-order valence-electron chi connectivity index (χ2n) is 8.41. The number of aliphatic hydroxyl groups is 1. The number of nitrogens with two attached hydrogens (primary N) is 1. The quantitative estimate of drug-likeness (QED) is 0.288. The van der Waals surface area contributed by atoms with Gasteiger partial charge in [0.1, 0.15) is 24.8 Å². The topological polar surface area (TPSA) is 149 Å². The molecule has 0 spiro atoms. The molecule has 11 nitrogen and oxygen atoms in total. The zero-order valence-electron chi connectivity index (χ0n) is 19.6. The monoisotopic (exact) mass is 489 g/mol. The van der Waals surface area contributed by atoms with Crippen LogP contribution in [0, 0.1) is 0 Å². The number of benzene rings is 2. The first-order valence-electron chi connectivity index (χ1n) is 11.5. The molecule has 0 bridgehead atoms. The van der Waals surface area contributed by atoms with Crippen LogP contribution in [0.25, 0.3) is 11.2 Å². The Morgan fingerprint density at radius 2 is 1.92 bits per heavy atom. The van der Waals surface area contributed by atoms with Crippen LogP contribution in [0.1, 0.15) is 17.4 Å². The molecular formula is C25H27N7O4. The molecule has 1 fully saturated rings. The second kappa shape index (κ2) is 10.3. The summed E-state index contributed by atoms with van der Waals surface area (Å²) in [5, 5.41) is 16.4. The molecule has 5 rings (SSSR count). The highest BCUT2D eigenvalue weighted by Crippen LogP contribution is 2.32. The summed E-state index contributed by atoms with van der Waals surface area (Å²) in [6.07, 6.45) is -0.127. The highest BCUT2D eigenvalue weighted by Gasteiger charge is 2.46. The van der Waals surface area contributed by atoms with E-state index in [9.17, 15) is 9.90 Å². The maximum Gasteiger partial charge on any atom is 0.250 e. The van der Waals surface area contributed by atoms with Gasteiger partial charge in [-0.05, 0) is 11.6 Å². The van der Waals surface area contributed by atoms with Crippen molar-refractivity contribution < 1.29 is 19.4 Å². The number of carbonyl (C=O) groups is 1. The van der Waals surface area contributed by atoms with Gasteiger partial charge >= 0.3 is 0 Å². The number of para-hydroxylation sites is 1. The Morgan fingerprint density at radius 1 is 1.14 bits per heavy atom. The number of likely N-dealkylation sites (N-methyl/N-ethyl adjacent to an activating group) is 1. The first-order chi connectivity index (χ1) is 17.6. The molecule has 1 saturated heterocycles. The predicted octanol–water partition coefficient (Wildman–Crippen LogP) is 1.35. The van der Waals surface area contributed by atoms with Gasteiger partial charge in [0.05, 0.1) is 12.4 Å². The first kappa shape index (κ1) is 23.7. The minimum absolute atomic E-state index is 0.404. The van der Waals surface area contributed by atoms with Crippen LogP contribution in [0.3, 0.4) is 0 Å². The van der Waals surface area contributed by atoms with E-state index in [1.54, 1.807) is 4.57 Å². The summed E-state index contributed by atoms with van der Waals surface area (Å²) < 4.78 is 13.4. The molecule has 0 unspecified atom stereocenters. The van der Waals surface area contributed by atoms with E-state index in [1.165, 1.54) is 19.7 Å². The Kier molecular flexibility index (Phi) is 6.76. The van der Waals surface area contributed by atoms with Crippen molar-refractivity contribution in [2.45, 2.75) is 37.6 Å². The van der Waals surface area contributed by atoms with Crippen LogP contribution in [-0.2, 0) is 22.7 Å². The number of nitrogens with one attached hydrogen (secondary N) is 2. The Labute approximate surface area is 207 Å². The van der Waals surface area contributed by atoms with Crippen LogP contribution in [0.2, 0.25) is 0 Å². The number of imidazole rings is 1. The number of aliphatic hydroxyl groups excluding tert-OH is 1. The van der Waals surface area contributed by atoms with Crippen molar-refractivity contribution in [1.29, 1.82) is 0 Å². The maximum atomic E-state index is 12.1. The number of hydrogen-bond donors (Lipinski definition) is 4. The van der Waals surface area contributed by atoms with E-state index in [4.69, 9.17) is 15.2 Å². The molecule has 4 aromatic rings. The lowest BCUT2D eigenvalue weighted by Crippen LogP contribution is -2.46. The van der Waals surface area contributed by atoms with Gasteiger partial charge in [0.25, 0.3) is 5.91 Å². The fourth-order valence-corrected chi connectivity index (χ4v) is 4.17. The van der Waals surface area contributed by atoms with Crippen LogP contribution in [0.5, 0.6) is 5.75 Å². The van der Waals surface area contributed by atoms with Crippen LogP contribution >= 0.6 is 0 Å².